The van der Waals surface area contributed by atoms with Gasteiger partial charge in [-0.3, -0.25) is 4.79 Å². The number of amides is 1. The standard InChI is InChI=1S/C18H18BrN3OS/c1-12(2)13-3-5-14(6-4-13)18(23)21-17-7-8-20-22(17)10-16-9-15(19)11-24-16/h3-9,11-12H,10H2,1-2H3,(H,21,23). The predicted molar refractivity (Wildman–Crippen MR) is 102 cm³/mol. The lowest BCUT2D eigenvalue weighted by molar-refractivity contribution is 0.102. The van der Waals surface area contributed by atoms with Gasteiger partial charge in [-0.2, -0.15) is 5.10 Å². The Bertz CT molecular complexity index is 836. The molecular weight excluding hydrogens is 386 g/mol. The summed E-state index contributed by atoms with van der Waals surface area (Å²) in [6, 6.07) is 11.6. The van der Waals surface area contributed by atoms with Gasteiger partial charge in [0.25, 0.3) is 5.91 Å². The van der Waals surface area contributed by atoms with Crippen LogP contribution in [0.5, 0.6) is 0 Å². The Balaban J connectivity index is 1.72. The van der Waals surface area contributed by atoms with E-state index in [9.17, 15) is 4.79 Å². The molecule has 0 bridgehead atoms. The Morgan fingerprint density at radius 3 is 2.67 bits per heavy atom. The number of hydrogen-bond acceptors (Lipinski definition) is 3. The normalized spacial score (nSPS) is 11.0. The number of nitrogens with zero attached hydrogens (tertiary/aromatic N) is 2. The quantitative estimate of drug-likeness (QED) is 0.641. The summed E-state index contributed by atoms with van der Waals surface area (Å²) in [7, 11) is 0. The van der Waals surface area contributed by atoms with Gasteiger partial charge in [-0.1, -0.05) is 26.0 Å². The number of aromatic nitrogens is 2. The number of thiophene rings is 1. The van der Waals surface area contributed by atoms with Crippen molar-refractivity contribution in [2.45, 2.75) is 26.3 Å². The molecule has 0 saturated carbocycles. The minimum Gasteiger partial charge on any atom is -0.307 e. The summed E-state index contributed by atoms with van der Waals surface area (Å²) in [6.07, 6.45) is 1.69. The van der Waals surface area contributed by atoms with Crippen molar-refractivity contribution in [3.63, 3.8) is 0 Å². The Morgan fingerprint density at radius 1 is 1.29 bits per heavy atom. The zero-order valence-electron chi connectivity index (χ0n) is 13.5. The number of carbonyl (C=O) groups excluding carboxylic acids is 1. The van der Waals surface area contributed by atoms with Crippen molar-refractivity contribution in [3.8, 4) is 0 Å². The van der Waals surface area contributed by atoms with E-state index in [4.69, 9.17) is 0 Å². The smallest absolute Gasteiger partial charge is 0.256 e. The fourth-order valence-corrected chi connectivity index (χ4v) is 3.79. The Kier molecular flexibility index (Phi) is 5.16. The van der Waals surface area contributed by atoms with E-state index in [1.165, 1.54) is 10.4 Å². The fourth-order valence-electron chi connectivity index (χ4n) is 2.36. The van der Waals surface area contributed by atoms with Crippen LogP contribution in [0, 0.1) is 0 Å². The van der Waals surface area contributed by atoms with Crippen LogP contribution in [-0.4, -0.2) is 15.7 Å². The fraction of sp³-hybridized carbons (Fsp3) is 0.222. The lowest BCUT2D eigenvalue weighted by Crippen LogP contribution is -2.16. The predicted octanol–water partition coefficient (Wildman–Crippen LogP) is 5.13. The van der Waals surface area contributed by atoms with Gasteiger partial charge >= 0.3 is 0 Å². The molecule has 3 aromatic rings. The second kappa shape index (κ2) is 7.32. The van der Waals surface area contributed by atoms with Gasteiger partial charge in [0, 0.05) is 26.4 Å². The first-order valence-corrected chi connectivity index (χ1v) is 9.36. The van der Waals surface area contributed by atoms with Crippen molar-refractivity contribution in [1.29, 1.82) is 0 Å². The molecule has 3 rings (SSSR count). The second-order valence-electron chi connectivity index (χ2n) is 5.84. The van der Waals surface area contributed by atoms with Crippen LogP contribution < -0.4 is 5.32 Å². The van der Waals surface area contributed by atoms with Gasteiger partial charge in [0.15, 0.2) is 0 Å². The number of halogens is 1. The average molecular weight is 404 g/mol. The summed E-state index contributed by atoms with van der Waals surface area (Å²) >= 11 is 5.11. The largest absolute Gasteiger partial charge is 0.307 e. The summed E-state index contributed by atoms with van der Waals surface area (Å²) in [5, 5.41) is 9.27. The molecule has 0 unspecified atom stereocenters. The van der Waals surface area contributed by atoms with Gasteiger partial charge in [-0.15, -0.1) is 11.3 Å². The third-order valence-electron chi connectivity index (χ3n) is 3.73. The van der Waals surface area contributed by atoms with Gasteiger partial charge in [0.1, 0.15) is 5.82 Å². The van der Waals surface area contributed by atoms with E-state index in [1.54, 1.807) is 22.2 Å². The van der Waals surface area contributed by atoms with Gasteiger partial charge in [0.05, 0.1) is 12.7 Å². The van der Waals surface area contributed by atoms with Crippen LogP contribution in [0.2, 0.25) is 0 Å². The molecule has 1 aromatic carbocycles. The van der Waals surface area contributed by atoms with Crippen molar-refractivity contribution < 1.29 is 4.79 Å². The SMILES string of the molecule is CC(C)c1ccc(C(=O)Nc2ccnn2Cc2cc(Br)cs2)cc1. The van der Waals surface area contributed by atoms with Gasteiger partial charge in [0.2, 0.25) is 0 Å². The molecule has 1 amide bonds. The number of anilines is 1. The van der Waals surface area contributed by atoms with Crippen LogP contribution in [-0.2, 0) is 6.54 Å². The number of benzene rings is 1. The Hall–Kier alpha value is -1.92. The number of nitrogens with one attached hydrogen (secondary N) is 1. The zero-order valence-corrected chi connectivity index (χ0v) is 15.9. The minimum atomic E-state index is -0.126. The van der Waals surface area contributed by atoms with Crippen LogP contribution in [0.3, 0.4) is 0 Å². The second-order valence-corrected chi connectivity index (χ2v) is 7.75. The summed E-state index contributed by atoms with van der Waals surface area (Å²) in [5.74, 6) is 1.02. The zero-order chi connectivity index (χ0) is 17.1. The third kappa shape index (κ3) is 3.94. The molecule has 0 saturated heterocycles. The highest BCUT2D eigenvalue weighted by molar-refractivity contribution is 9.10. The molecule has 0 atom stereocenters. The Labute approximate surface area is 153 Å². The molecule has 4 nitrogen and oxygen atoms in total. The molecule has 6 heteroatoms. The first-order valence-electron chi connectivity index (χ1n) is 7.69. The van der Waals surface area contributed by atoms with Crippen LogP contribution in [0.4, 0.5) is 5.82 Å². The third-order valence-corrected chi connectivity index (χ3v) is 5.41. The van der Waals surface area contributed by atoms with Crippen molar-refractivity contribution in [1.82, 2.24) is 9.78 Å². The summed E-state index contributed by atoms with van der Waals surface area (Å²) in [5.41, 5.74) is 1.87. The van der Waals surface area contributed by atoms with E-state index in [2.05, 4.69) is 46.3 Å². The summed E-state index contributed by atoms with van der Waals surface area (Å²) in [4.78, 5) is 13.6. The number of rotatable bonds is 5. The maximum atomic E-state index is 12.4. The Morgan fingerprint density at radius 2 is 2.04 bits per heavy atom. The lowest BCUT2D eigenvalue weighted by atomic mass is 10.0. The van der Waals surface area contributed by atoms with Crippen LogP contribution >= 0.6 is 27.3 Å². The van der Waals surface area contributed by atoms with Gasteiger partial charge in [-0.25, -0.2) is 4.68 Å². The average Bonchev–Trinajstić information content (AvgIpc) is 3.17. The highest BCUT2D eigenvalue weighted by Gasteiger charge is 2.11. The topological polar surface area (TPSA) is 46.9 Å². The molecule has 0 spiro atoms. The summed E-state index contributed by atoms with van der Waals surface area (Å²) in [6.45, 7) is 4.90. The van der Waals surface area contributed by atoms with E-state index < -0.39 is 0 Å². The molecule has 0 radical (unpaired) electrons. The van der Waals surface area contributed by atoms with Crippen molar-refractivity contribution in [2.24, 2.45) is 0 Å². The highest BCUT2D eigenvalue weighted by Crippen LogP contribution is 2.22. The van der Waals surface area contributed by atoms with Crippen molar-refractivity contribution >= 4 is 39.0 Å². The maximum absolute atomic E-state index is 12.4. The van der Waals surface area contributed by atoms with E-state index in [0.29, 0.717) is 23.8 Å². The molecule has 2 heterocycles. The van der Waals surface area contributed by atoms with E-state index in [0.717, 1.165) is 4.47 Å². The van der Waals surface area contributed by atoms with Crippen LogP contribution in [0.1, 0.15) is 40.6 Å². The molecule has 1 N–H and O–H groups in total. The van der Waals surface area contributed by atoms with Crippen LogP contribution in [0.15, 0.2) is 52.4 Å². The molecular formula is C18H18BrN3OS. The maximum Gasteiger partial charge on any atom is 0.256 e. The van der Waals surface area contributed by atoms with Gasteiger partial charge in [-0.05, 0) is 45.6 Å². The van der Waals surface area contributed by atoms with E-state index in [-0.39, 0.29) is 5.91 Å². The van der Waals surface area contributed by atoms with E-state index >= 15 is 0 Å². The monoisotopic (exact) mass is 403 g/mol. The molecule has 24 heavy (non-hydrogen) atoms. The molecule has 0 aliphatic heterocycles. The molecule has 2 aromatic heterocycles. The highest BCUT2D eigenvalue weighted by atomic mass is 79.9. The molecule has 124 valence electrons. The number of hydrogen-bond donors (Lipinski definition) is 1. The minimum absolute atomic E-state index is 0.126. The van der Waals surface area contributed by atoms with Crippen molar-refractivity contribution in [3.05, 3.63) is 68.5 Å². The van der Waals surface area contributed by atoms with Gasteiger partial charge < -0.3 is 5.32 Å². The molecule has 0 fully saturated rings. The van der Waals surface area contributed by atoms with E-state index in [1.807, 2.05) is 35.7 Å². The lowest BCUT2D eigenvalue weighted by Gasteiger charge is -2.09. The van der Waals surface area contributed by atoms with Crippen LogP contribution in [0.25, 0.3) is 0 Å². The first kappa shape index (κ1) is 16.9. The summed E-state index contributed by atoms with van der Waals surface area (Å²) < 4.78 is 2.85. The van der Waals surface area contributed by atoms with Crippen molar-refractivity contribution in [2.75, 3.05) is 5.32 Å². The molecule has 0 aliphatic rings. The number of carbonyl (C=O) groups is 1. The molecule has 0 aliphatic carbocycles. The first-order chi connectivity index (χ1) is 11.5.